The van der Waals surface area contributed by atoms with E-state index in [0.29, 0.717) is 6.42 Å². The lowest BCUT2D eigenvalue weighted by Crippen LogP contribution is -2.09. The van der Waals surface area contributed by atoms with Crippen LogP contribution >= 0.6 is 0 Å². The van der Waals surface area contributed by atoms with Crippen molar-refractivity contribution in [3.05, 3.63) is 48.3 Å². The first-order valence-corrected chi connectivity index (χ1v) is 6.43. The molecule has 0 radical (unpaired) electrons. The number of aryl methyl sites for hydroxylation is 1. The minimum absolute atomic E-state index is 0.0320. The van der Waals surface area contributed by atoms with Crippen molar-refractivity contribution in [1.82, 2.24) is 4.57 Å². The van der Waals surface area contributed by atoms with E-state index < -0.39 is 0 Å². The normalized spacial score (nSPS) is 10.2. The van der Waals surface area contributed by atoms with Gasteiger partial charge in [-0.25, -0.2) is 0 Å². The van der Waals surface area contributed by atoms with Crippen LogP contribution in [-0.2, 0) is 18.4 Å². The lowest BCUT2D eigenvalue weighted by molar-refractivity contribution is -0.115. The van der Waals surface area contributed by atoms with Crippen LogP contribution in [0.25, 0.3) is 0 Å². The Morgan fingerprint density at radius 3 is 2.42 bits per heavy atom. The first-order chi connectivity index (χ1) is 9.19. The summed E-state index contributed by atoms with van der Waals surface area (Å²) in [4.78, 5) is 11.3. The molecule has 4 nitrogen and oxygen atoms in total. The van der Waals surface area contributed by atoms with Gasteiger partial charge in [-0.2, -0.15) is 0 Å². The highest BCUT2D eigenvalue weighted by molar-refractivity contribution is 5.90. The van der Waals surface area contributed by atoms with Gasteiger partial charge < -0.3 is 15.2 Å². The van der Waals surface area contributed by atoms with Crippen LogP contribution < -0.4 is 10.6 Å². The molecule has 1 aromatic heterocycles. The van der Waals surface area contributed by atoms with Gasteiger partial charge in [0.15, 0.2) is 0 Å². The minimum atomic E-state index is 0.0320. The number of carbonyl (C=O) groups excluding carboxylic acids is 1. The zero-order valence-electron chi connectivity index (χ0n) is 11.3. The van der Waals surface area contributed by atoms with Gasteiger partial charge in [-0.15, -0.1) is 0 Å². The molecule has 0 aliphatic carbocycles. The van der Waals surface area contributed by atoms with Crippen molar-refractivity contribution in [2.45, 2.75) is 19.9 Å². The summed E-state index contributed by atoms with van der Waals surface area (Å²) in [5.41, 5.74) is 3.09. The third-order valence-electron chi connectivity index (χ3n) is 3.01. The van der Waals surface area contributed by atoms with Crippen molar-refractivity contribution >= 4 is 17.3 Å². The van der Waals surface area contributed by atoms with Gasteiger partial charge >= 0.3 is 0 Å². The molecule has 0 saturated carbocycles. The van der Waals surface area contributed by atoms with Gasteiger partial charge in [0.05, 0.1) is 6.54 Å². The molecule has 2 N–H and O–H groups in total. The molecule has 0 unspecified atom stereocenters. The molecule has 2 rings (SSSR count). The van der Waals surface area contributed by atoms with Crippen molar-refractivity contribution in [3.8, 4) is 0 Å². The predicted octanol–water partition coefficient (Wildman–Crippen LogP) is 2.99. The molecule has 0 spiro atoms. The van der Waals surface area contributed by atoms with E-state index in [4.69, 9.17) is 0 Å². The number of aromatic nitrogens is 1. The molecule has 1 aromatic carbocycles. The topological polar surface area (TPSA) is 46.1 Å². The Labute approximate surface area is 113 Å². The Morgan fingerprint density at radius 2 is 1.84 bits per heavy atom. The predicted molar refractivity (Wildman–Crippen MR) is 78.1 cm³/mol. The van der Waals surface area contributed by atoms with Gasteiger partial charge in [-0.1, -0.05) is 6.92 Å². The minimum Gasteiger partial charge on any atom is -0.379 e. The fourth-order valence-electron chi connectivity index (χ4n) is 1.79. The summed E-state index contributed by atoms with van der Waals surface area (Å²) in [6.07, 6.45) is 2.52. The second-order valence-corrected chi connectivity index (χ2v) is 4.44. The molecule has 0 aliphatic rings. The lowest BCUT2D eigenvalue weighted by Gasteiger charge is -2.09. The quantitative estimate of drug-likeness (QED) is 0.865. The highest BCUT2D eigenvalue weighted by Crippen LogP contribution is 2.14. The zero-order valence-corrected chi connectivity index (χ0v) is 11.3. The van der Waals surface area contributed by atoms with E-state index >= 15 is 0 Å². The molecule has 1 amide bonds. The monoisotopic (exact) mass is 257 g/mol. The largest absolute Gasteiger partial charge is 0.379 e. The van der Waals surface area contributed by atoms with Gasteiger partial charge in [0.25, 0.3) is 0 Å². The highest BCUT2D eigenvalue weighted by atomic mass is 16.1. The van der Waals surface area contributed by atoms with Crippen molar-refractivity contribution in [1.29, 1.82) is 0 Å². The molecule has 0 saturated heterocycles. The van der Waals surface area contributed by atoms with Crippen LogP contribution in [0.3, 0.4) is 0 Å². The van der Waals surface area contributed by atoms with E-state index in [0.717, 1.165) is 17.9 Å². The average molecular weight is 257 g/mol. The molecule has 2 aromatic rings. The Kier molecular flexibility index (Phi) is 4.23. The van der Waals surface area contributed by atoms with Crippen LogP contribution in [0.1, 0.15) is 19.0 Å². The summed E-state index contributed by atoms with van der Waals surface area (Å²) in [6.45, 7) is 2.62. The SMILES string of the molecule is CCC(=O)Nc1ccc(NCc2cccn2C)cc1. The maximum Gasteiger partial charge on any atom is 0.224 e. The summed E-state index contributed by atoms with van der Waals surface area (Å²) in [5, 5.41) is 6.18. The zero-order chi connectivity index (χ0) is 13.7. The lowest BCUT2D eigenvalue weighted by atomic mass is 10.2. The fourth-order valence-corrected chi connectivity index (χ4v) is 1.79. The maximum absolute atomic E-state index is 11.3. The molecule has 4 heteroatoms. The van der Waals surface area contributed by atoms with Crippen molar-refractivity contribution in [2.75, 3.05) is 10.6 Å². The van der Waals surface area contributed by atoms with Gasteiger partial charge in [-0.3, -0.25) is 4.79 Å². The van der Waals surface area contributed by atoms with E-state index in [-0.39, 0.29) is 5.91 Å². The molecule has 1 heterocycles. The van der Waals surface area contributed by atoms with Crippen LogP contribution in [0.5, 0.6) is 0 Å². The summed E-state index contributed by atoms with van der Waals surface area (Å²) in [5.74, 6) is 0.0320. The Balaban J connectivity index is 1.92. The van der Waals surface area contributed by atoms with Gasteiger partial charge in [0.1, 0.15) is 0 Å². The molecular formula is C15H19N3O. The number of benzene rings is 1. The number of anilines is 2. The summed E-state index contributed by atoms with van der Waals surface area (Å²) >= 11 is 0. The number of amides is 1. The van der Waals surface area contributed by atoms with Crippen LogP contribution in [0.2, 0.25) is 0 Å². The maximum atomic E-state index is 11.3. The van der Waals surface area contributed by atoms with Crippen LogP contribution in [0.15, 0.2) is 42.6 Å². The number of nitrogens with zero attached hydrogens (tertiary/aromatic N) is 1. The highest BCUT2D eigenvalue weighted by Gasteiger charge is 2.00. The van der Waals surface area contributed by atoms with Gasteiger partial charge in [0.2, 0.25) is 5.91 Å². The molecule has 0 bridgehead atoms. The smallest absolute Gasteiger partial charge is 0.224 e. The van der Waals surface area contributed by atoms with E-state index in [1.54, 1.807) is 0 Å². The van der Waals surface area contributed by atoms with Crippen LogP contribution in [0, 0.1) is 0 Å². The number of hydrogen-bond donors (Lipinski definition) is 2. The second kappa shape index (κ2) is 6.09. The van der Waals surface area contributed by atoms with Crippen molar-refractivity contribution in [3.63, 3.8) is 0 Å². The first kappa shape index (κ1) is 13.2. The Bertz CT molecular complexity index is 543. The van der Waals surface area contributed by atoms with Gasteiger partial charge in [-0.05, 0) is 36.4 Å². The van der Waals surface area contributed by atoms with E-state index in [9.17, 15) is 4.79 Å². The molecule has 0 atom stereocenters. The van der Waals surface area contributed by atoms with Crippen LogP contribution in [0.4, 0.5) is 11.4 Å². The number of nitrogens with one attached hydrogen (secondary N) is 2. The molecular weight excluding hydrogens is 238 g/mol. The second-order valence-electron chi connectivity index (χ2n) is 4.44. The van der Waals surface area contributed by atoms with Gasteiger partial charge in [0, 0.05) is 36.7 Å². The summed E-state index contributed by atoms with van der Waals surface area (Å²) in [7, 11) is 2.03. The van der Waals surface area contributed by atoms with E-state index in [1.807, 2.05) is 50.5 Å². The van der Waals surface area contributed by atoms with Crippen LogP contribution in [-0.4, -0.2) is 10.5 Å². The molecule has 19 heavy (non-hydrogen) atoms. The summed E-state index contributed by atoms with van der Waals surface area (Å²) < 4.78 is 2.09. The number of rotatable bonds is 5. The first-order valence-electron chi connectivity index (χ1n) is 6.43. The van der Waals surface area contributed by atoms with E-state index in [2.05, 4.69) is 21.3 Å². The molecule has 0 aliphatic heterocycles. The summed E-state index contributed by atoms with van der Waals surface area (Å²) in [6, 6.07) is 11.9. The van der Waals surface area contributed by atoms with Crippen molar-refractivity contribution in [2.24, 2.45) is 7.05 Å². The Hall–Kier alpha value is -2.23. The Morgan fingerprint density at radius 1 is 1.16 bits per heavy atom. The fraction of sp³-hybridized carbons (Fsp3) is 0.267. The molecule has 100 valence electrons. The molecule has 0 fully saturated rings. The third kappa shape index (κ3) is 3.61. The average Bonchev–Trinajstić information content (AvgIpc) is 2.83. The third-order valence-corrected chi connectivity index (χ3v) is 3.01. The van der Waals surface area contributed by atoms with Crippen molar-refractivity contribution < 1.29 is 4.79 Å². The van der Waals surface area contributed by atoms with E-state index in [1.165, 1.54) is 5.69 Å². The number of hydrogen-bond acceptors (Lipinski definition) is 2. The number of carbonyl (C=O) groups is 1. The standard InChI is InChI=1S/C15H19N3O/c1-3-15(19)17-13-8-6-12(7-9-13)16-11-14-5-4-10-18(14)2/h4-10,16H,3,11H2,1-2H3,(H,17,19).